The molecular formula is C13H17FN2O4. The van der Waals surface area contributed by atoms with E-state index in [2.05, 4.69) is 5.32 Å². The third-order valence-corrected chi connectivity index (χ3v) is 2.78. The van der Waals surface area contributed by atoms with E-state index >= 15 is 0 Å². The van der Waals surface area contributed by atoms with Crippen LogP contribution in [0.5, 0.6) is 0 Å². The number of hydrogen-bond acceptors (Lipinski definition) is 4. The second-order valence-electron chi connectivity index (χ2n) is 4.47. The van der Waals surface area contributed by atoms with Crippen molar-refractivity contribution >= 4 is 11.9 Å². The first-order valence-electron chi connectivity index (χ1n) is 6.03. The SMILES string of the molecule is C[C@@H](O)[C@H](NC(=O)[C@@H](N)Cc1ccccc1F)C(=O)O. The average Bonchev–Trinajstić information content (AvgIpc) is 2.37. The van der Waals surface area contributed by atoms with Crippen LogP contribution in [0.15, 0.2) is 24.3 Å². The van der Waals surface area contributed by atoms with Crippen molar-refractivity contribution in [1.29, 1.82) is 0 Å². The number of halogens is 1. The van der Waals surface area contributed by atoms with Crippen LogP contribution in [0.2, 0.25) is 0 Å². The van der Waals surface area contributed by atoms with Crippen LogP contribution in [-0.4, -0.2) is 40.3 Å². The number of aliphatic hydroxyl groups excluding tert-OH is 1. The molecule has 0 bridgehead atoms. The Morgan fingerprint density at radius 1 is 1.40 bits per heavy atom. The van der Waals surface area contributed by atoms with Crippen LogP contribution in [0.3, 0.4) is 0 Å². The van der Waals surface area contributed by atoms with Crippen LogP contribution in [0, 0.1) is 5.82 Å². The molecule has 0 aliphatic rings. The van der Waals surface area contributed by atoms with Crippen molar-refractivity contribution < 1.29 is 24.2 Å². The highest BCUT2D eigenvalue weighted by atomic mass is 19.1. The summed E-state index contributed by atoms with van der Waals surface area (Å²) in [6.45, 7) is 1.24. The van der Waals surface area contributed by atoms with E-state index < -0.39 is 35.9 Å². The van der Waals surface area contributed by atoms with Gasteiger partial charge in [0, 0.05) is 0 Å². The van der Waals surface area contributed by atoms with E-state index in [4.69, 9.17) is 10.8 Å². The first kappa shape index (κ1) is 16.1. The van der Waals surface area contributed by atoms with Crippen LogP contribution in [-0.2, 0) is 16.0 Å². The number of aliphatic hydroxyl groups is 1. The van der Waals surface area contributed by atoms with Crippen molar-refractivity contribution in [1.82, 2.24) is 5.32 Å². The molecular weight excluding hydrogens is 267 g/mol. The number of amides is 1. The Bertz CT molecular complexity index is 493. The second kappa shape index (κ2) is 6.97. The molecule has 0 aromatic heterocycles. The number of carboxylic acids is 1. The minimum atomic E-state index is -1.45. The number of carbonyl (C=O) groups is 2. The second-order valence-corrected chi connectivity index (χ2v) is 4.47. The number of benzene rings is 1. The molecule has 1 rings (SSSR count). The molecule has 5 N–H and O–H groups in total. The minimum Gasteiger partial charge on any atom is -0.480 e. The lowest BCUT2D eigenvalue weighted by atomic mass is 10.0. The summed E-state index contributed by atoms with van der Waals surface area (Å²) in [6, 6.07) is 3.31. The molecule has 0 heterocycles. The molecule has 6 nitrogen and oxygen atoms in total. The third-order valence-electron chi connectivity index (χ3n) is 2.78. The Morgan fingerprint density at radius 2 is 2.00 bits per heavy atom. The molecule has 110 valence electrons. The van der Waals surface area contributed by atoms with Gasteiger partial charge in [0.1, 0.15) is 5.82 Å². The summed E-state index contributed by atoms with van der Waals surface area (Å²) < 4.78 is 13.4. The summed E-state index contributed by atoms with van der Waals surface area (Å²) >= 11 is 0. The zero-order valence-electron chi connectivity index (χ0n) is 10.9. The highest BCUT2D eigenvalue weighted by Gasteiger charge is 2.27. The van der Waals surface area contributed by atoms with Gasteiger partial charge in [-0.25, -0.2) is 9.18 Å². The first-order valence-corrected chi connectivity index (χ1v) is 6.03. The summed E-state index contributed by atoms with van der Waals surface area (Å²) in [7, 11) is 0. The minimum absolute atomic E-state index is 0.0648. The number of nitrogens with one attached hydrogen (secondary N) is 1. The van der Waals surface area contributed by atoms with Crippen LogP contribution in [0.25, 0.3) is 0 Å². The molecule has 0 radical (unpaired) electrons. The molecule has 0 saturated carbocycles. The van der Waals surface area contributed by atoms with Crippen molar-refractivity contribution in [3.63, 3.8) is 0 Å². The fourth-order valence-corrected chi connectivity index (χ4v) is 1.64. The monoisotopic (exact) mass is 284 g/mol. The van der Waals surface area contributed by atoms with Gasteiger partial charge in [0.25, 0.3) is 0 Å². The Hall–Kier alpha value is -1.99. The van der Waals surface area contributed by atoms with Crippen LogP contribution >= 0.6 is 0 Å². The number of nitrogens with two attached hydrogens (primary N) is 1. The first-order chi connectivity index (χ1) is 9.32. The standard InChI is InChI=1S/C13H17FN2O4/c1-7(17)11(13(19)20)16-12(18)10(15)6-8-4-2-3-5-9(8)14/h2-5,7,10-11,17H,6,15H2,1H3,(H,16,18)(H,19,20)/t7-,10+,11+/m1/s1. The van der Waals surface area contributed by atoms with Gasteiger partial charge in [-0.2, -0.15) is 0 Å². The van der Waals surface area contributed by atoms with Crippen LogP contribution < -0.4 is 11.1 Å². The van der Waals surface area contributed by atoms with Gasteiger partial charge in [-0.05, 0) is 25.0 Å². The number of rotatable bonds is 6. The van der Waals surface area contributed by atoms with E-state index in [1.54, 1.807) is 6.07 Å². The Morgan fingerprint density at radius 3 is 2.50 bits per heavy atom. The molecule has 3 atom stereocenters. The van der Waals surface area contributed by atoms with E-state index in [1.165, 1.54) is 25.1 Å². The van der Waals surface area contributed by atoms with Gasteiger partial charge in [-0.3, -0.25) is 4.79 Å². The van der Waals surface area contributed by atoms with E-state index in [1.807, 2.05) is 0 Å². The van der Waals surface area contributed by atoms with Gasteiger partial charge in [0.05, 0.1) is 12.1 Å². The summed E-state index contributed by atoms with van der Waals surface area (Å²) in [6.07, 6.45) is -1.33. The predicted molar refractivity (Wildman–Crippen MR) is 69.3 cm³/mol. The van der Waals surface area contributed by atoms with Crippen molar-refractivity contribution in [2.24, 2.45) is 5.73 Å². The van der Waals surface area contributed by atoms with Gasteiger partial charge < -0.3 is 21.3 Å². The van der Waals surface area contributed by atoms with Gasteiger partial charge in [-0.15, -0.1) is 0 Å². The highest BCUT2D eigenvalue weighted by Crippen LogP contribution is 2.08. The fourth-order valence-electron chi connectivity index (χ4n) is 1.64. The Kier molecular flexibility index (Phi) is 5.60. The van der Waals surface area contributed by atoms with Crippen molar-refractivity contribution in [2.75, 3.05) is 0 Å². The van der Waals surface area contributed by atoms with Crippen molar-refractivity contribution in [3.05, 3.63) is 35.6 Å². The summed E-state index contributed by atoms with van der Waals surface area (Å²) in [5.41, 5.74) is 5.88. The largest absolute Gasteiger partial charge is 0.480 e. The zero-order chi connectivity index (χ0) is 15.3. The molecule has 1 aromatic rings. The summed E-state index contributed by atoms with van der Waals surface area (Å²) in [5, 5.41) is 20.2. The average molecular weight is 284 g/mol. The predicted octanol–water partition coefficient (Wildman–Crippen LogP) is -0.354. The maximum Gasteiger partial charge on any atom is 0.328 e. The lowest BCUT2D eigenvalue weighted by Crippen LogP contribution is -2.53. The van der Waals surface area contributed by atoms with Gasteiger partial charge in [0.2, 0.25) is 5.91 Å². The highest BCUT2D eigenvalue weighted by molar-refractivity contribution is 5.87. The zero-order valence-corrected chi connectivity index (χ0v) is 10.9. The Labute approximate surface area is 115 Å². The van der Waals surface area contributed by atoms with E-state index in [0.717, 1.165) is 0 Å². The number of hydrogen-bond donors (Lipinski definition) is 4. The molecule has 0 spiro atoms. The quantitative estimate of drug-likeness (QED) is 0.570. The molecule has 7 heteroatoms. The summed E-state index contributed by atoms with van der Waals surface area (Å²) in [5.74, 6) is -2.62. The molecule has 1 amide bonds. The van der Waals surface area contributed by atoms with E-state index in [-0.39, 0.29) is 12.0 Å². The molecule has 0 aliphatic carbocycles. The molecule has 20 heavy (non-hydrogen) atoms. The van der Waals surface area contributed by atoms with Gasteiger partial charge in [0.15, 0.2) is 6.04 Å². The van der Waals surface area contributed by atoms with E-state index in [9.17, 15) is 19.1 Å². The number of carboxylic acid groups (broad SMARTS) is 1. The molecule has 0 saturated heterocycles. The maximum absolute atomic E-state index is 13.4. The van der Waals surface area contributed by atoms with Gasteiger partial charge in [-0.1, -0.05) is 18.2 Å². The fraction of sp³-hybridized carbons (Fsp3) is 0.385. The maximum atomic E-state index is 13.4. The number of aliphatic carboxylic acids is 1. The van der Waals surface area contributed by atoms with Crippen LogP contribution in [0.4, 0.5) is 4.39 Å². The molecule has 0 aliphatic heterocycles. The van der Waals surface area contributed by atoms with Crippen LogP contribution in [0.1, 0.15) is 12.5 Å². The van der Waals surface area contributed by atoms with Crippen molar-refractivity contribution in [2.45, 2.75) is 31.5 Å². The lowest BCUT2D eigenvalue weighted by Gasteiger charge is -2.19. The molecule has 0 unspecified atom stereocenters. The topological polar surface area (TPSA) is 113 Å². The number of carbonyl (C=O) groups excluding carboxylic acids is 1. The third kappa shape index (κ3) is 4.29. The molecule has 0 fully saturated rings. The smallest absolute Gasteiger partial charge is 0.328 e. The summed E-state index contributed by atoms with van der Waals surface area (Å²) in [4.78, 5) is 22.6. The van der Waals surface area contributed by atoms with Gasteiger partial charge >= 0.3 is 5.97 Å². The van der Waals surface area contributed by atoms with E-state index in [0.29, 0.717) is 0 Å². The Balaban J connectivity index is 2.68. The molecule has 1 aromatic carbocycles. The lowest BCUT2D eigenvalue weighted by molar-refractivity contribution is -0.144. The normalized spacial score (nSPS) is 15.2. The van der Waals surface area contributed by atoms with Crippen molar-refractivity contribution in [3.8, 4) is 0 Å².